The van der Waals surface area contributed by atoms with E-state index in [1.807, 2.05) is 68.4 Å². The van der Waals surface area contributed by atoms with Gasteiger partial charge < -0.3 is 15.0 Å². The monoisotopic (exact) mass is 352 g/mol. The van der Waals surface area contributed by atoms with E-state index in [1.165, 1.54) is 0 Å². The molecule has 0 heterocycles. The van der Waals surface area contributed by atoms with Crippen molar-refractivity contribution in [3.8, 4) is 5.75 Å². The van der Waals surface area contributed by atoms with E-state index in [4.69, 9.17) is 4.74 Å². The van der Waals surface area contributed by atoms with Gasteiger partial charge in [-0.05, 0) is 56.7 Å². The molecule has 1 aliphatic carbocycles. The Bertz CT molecular complexity index is 772. The highest BCUT2D eigenvalue weighted by molar-refractivity contribution is 6.04. The van der Waals surface area contributed by atoms with Gasteiger partial charge in [-0.2, -0.15) is 0 Å². The number of ether oxygens (including phenoxy) is 1. The lowest BCUT2D eigenvalue weighted by Crippen LogP contribution is -2.29. The Hall–Kier alpha value is -2.82. The Balaban J connectivity index is 1.55. The largest absolute Gasteiger partial charge is 0.491 e. The van der Waals surface area contributed by atoms with E-state index in [9.17, 15) is 9.59 Å². The molecule has 2 aromatic carbocycles. The molecule has 1 N–H and O–H groups in total. The molecule has 136 valence electrons. The smallest absolute Gasteiger partial charge is 0.230 e. The molecule has 2 atom stereocenters. The van der Waals surface area contributed by atoms with Gasteiger partial charge in [0.05, 0.1) is 17.9 Å². The van der Waals surface area contributed by atoms with Crippen LogP contribution in [0.1, 0.15) is 20.3 Å². The number of amides is 2. The standard InChI is InChI=1S/C21H24N2O3/c1-14(2)26-17-11-9-15(10-12-17)22-20(24)18-13-19(18)21(25)23(3)16-7-5-4-6-8-16/h4-12,14,18-19H,13H2,1-3H3,(H,22,24). The van der Waals surface area contributed by atoms with Crippen molar-refractivity contribution in [2.24, 2.45) is 11.8 Å². The van der Waals surface area contributed by atoms with Crippen LogP contribution in [0.2, 0.25) is 0 Å². The maximum Gasteiger partial charge on any atom is 0.230 e. The average Bonchev–Trinajstić information content (AvgIpc) is 3.43. The topological polar surface area (TPSA) is 58.6 Å². The predicted octanol–water partition coefficient (Wildman–Crippen LogP) is 3.71. The third-order valence-electron chi connectivity index (χ3n) is 4.41. The van der Waals surface area contributed by atoms with E-state index in [-0.39, 0.29) is 29.8 Å². The van der Waals surface area contributed by atoms with Crippen LogP contribution >= 0.6 is 0 Å². The summed E-state index contributed by atoms with van der Waals surface area (Å²) in [5.74, 6) is 0.130. The summed E-state index contributed by atoms with van der Waals surface area (Å²) >= 11 is 0. The van der Waals surface area contributed by atoms with Crippen molar-refractivity contribution in [1.29, 1.82) is 0 Å². The Labute approximate surface area is 154 Å². The molecule has 5 heteroatoms. The van der Waals surface area contributed by atoms with Crippen LogP contribution in [0, 0.1) is 11.8 Å². The SMILES string of the molecule is CC(C)Oc1ccc(NC(=O)C2CC2C(=O)N(C)c2ccccc2)cc1. The zero-order valence-corrected chi connectivity index (χ0v) is 15.3. The second-order valence-corrected chi connectivity index (χ2v) is 6.86. The first kappa shape index (κ1) is 18.0. The van der Waals surface area contributed by atoms with Crippen molar-refractivity contribution in [3.63, 3.8) is 0 Å². The first-order valence-corrected chi connectivity index (χ1v) is 8.86. The minimum absolute atomic E-state index is 0.0166. The number of para-hydroxylation sites is 1. The number of hydrogen-bond donors (Lipinski definition) is 1. The zero-order chi connectivity index (χ0) is 18.7. The molecule has 3 rings (SSSR count). The highest BCUT2D eigenvalue weighted by Gasteiger charge is 2.49. The van der Waals surface area contributed by atoms with Gasteiger partial charge in [-0.15, -0.1) is 0 Å². The number of nitrogens with zero attached hydrogens (tertiary/aromatic N) is 1. The molecule has 0 spiro atoms. The molecule has 2 amide bonds. The predicted molar refractivity (Wildman–Crippen MR) is 102 cm³/mol. The van der Waals surface area contributed by atoms with Crippen molar-refractivity contribution in [2.45, 2.75) is 26.4 Å². The highest BCUT2D eigenvalue weighted by atomic mass is 16.5. The lowest BCUT2D eigenvalue weighted by Gasteiger charge is -2.17. The van der Waals surface area contributed by atoms with Crippen molar-refractivity contribution in [2.75, 3.05) is 17.3 Å². The second kappa shape index (κ2) is 7.60. The third kappa shape index (κ3) is 4.23. The fourth-order valence-corrected chi connectivity index (χ4v) is 2.91. The summed E-state index contributed by atoms with van der Waals surface area (Å²) in [6.07, 6.45) is 0.700. The first-order valence-electron chi connectivity index (χ1n) is 8.86. The lowest BCUT2D eigenvalue weighted by molar-refractivity contribution is -0.123. The highest BCUT2D eigenvalue weighted by Crippen LogP contribution is 2.41. The Morgan fingerprint density at radius 1 is 1.04 bits per heavy atom. The van der Waals surface area contributed by atoms with Gasteiger partial charge in [0, 0.05) is 18.4 Å². The van der Waals surface area contributed by atoms with E-state index < -0.39 is 0 Å². The maximum atomic E-state index is 12.5. The van der Waals surface area contributed by atoms with Crippen LogP contribution in [0.25, 0.3) is 0 Å². The summed E-state index contributed by atoms with van der Waals surface area (Å²) in [4.78, 5) is 26.6. The fraction of sp³-hybridized carbons (Fsp3) is 0.333. The molecule has 0 bridgehead atoms. The van der Waals surface area contributed by atoms with Crippen LogP contribution in [-0.4, -0.2) is 25.0 Å². The summed E-state index contributed by atoms with van der Waals surface area (Å²) in [5.41, 5.74) is 1.55. The maximum absolute atomic E-state index is 12.5. The van der Waals surface area contributed by atoms with E-state index in [1.54, 1.807) is 11.9 Å². The average molecular weight is 352 g/mol. The molecule has 1 aliphatic rings. The van der Waals surface area contributed by atoms with Gasteiger partial charge in [-0.1, -0.05) is 18.2 Å². The molecule has 0 radical (unpaired) electrons. The van der Waals surface area contributed by atoms with Crippen molar-refractivity contribution < 1.29 is 14.3 Å². The van der Waals surface area contributed by atoms with Crippen LogP contribution in [0.4, 0.5) is 11.4 Å². The number of benzene rings is 2. The van der Waals surface area contributed by atoms with Crippen LogP contribution in [-0.2, 0) is 9.59 Å². The summed E-state index contributed by atoms with van der Waals surface area (Å²) < 4.78 is 5.59. The van der Waals surface area contributed by atoms with Crippen molar-refractivity contribution >= 4 is 23.2 Å². The Kier molecular flexibility index (Phi) is 5.26. The third-order valence-corrected chi connectivity index (χ3v) is 4.41. The molecular formula is C21H24N2O3. The van der Waals surface area contributed by atoms with E-state index in [0.717, 1.165) is 11.4 Å². The second-order valence-electron chi connectivity index (χ2n) is 6.86. The Morgan fingerprint density at radius 2 is 1.69 bits per heavy atom. The molecule has 5 nitrogen and oxygen atoms in total. The summed E-state index contributed by atoms with van der Waals surface area (Å²) in [6, 6.07) is 16.7. The van der Waals surface area contributed by atoms with Gasteiger partial charge in [-0.3, -0.25) is 9.59 Å². The minimum Gasteiger partial charge on any atom is -0.491 e. The quantitative estimate of drug-likeness (QED) is 0.862. The van der Waals surface area contributed by atoms with Crippen LogP contribution < -0.4 is 15.0 Å². The van der Waals surface area contributed by atoms with Crippen LogP contribution in [0.3, 0.4) is 0 Å². The van der Waals surface area contributed by atoms with Gasteiger partial charge >= 0.3 is 0 Å². The van der Waals surface area contributed by atoms with Crippen molar-refractivity contribution in [1.82, 2.24) is 0 Å². The van der Waals surface area contributed by atoms with E-state index in [2.05, 4.69) is 5.32 Å². The molecule has 0 saturated heterocycles. The number of anilines is 2. The Morgan fingerprint density at radius 3 is 2.31 bits per heavy atom. The number of rotatable bonds is 6. The summed E-state index contributed by atoms with van der Waals surface area (Å²) in [5, 5.41) is 2.88. The first-order chi connectivity index (χ1) is 12.5. The molecule has 2 aromatic rings. The van der Waals surface area contributed by atoms with Gasteiger partial charge in [0.25, 0.3) is 0 Å². The number of carbonyl (C=O) groups excluding carboxylic acids is 2. The van der Waals surface area contributed by atoms with Gasteiger partial charge in [0.2, 0.25) is 11.8 Å². The molecule has 2 unspecified atom stereocenters. The molecule has 0 aromatic heterocycles. The van der Waals surface area contributed by atoms with Gasteiger partial charge in [0.15, 0.2) is 0 Å². The summed E-state index contributed by atoms with van der Waals surface area (Å²) in [7, 11) is 1.75. The molecule has 1 saturated carbocycles. The van der Waals surface area contributed by atoms with E-state index in [0.29, 0.717) is 12.1 Å². The van der Waals surface area contributed by atoms with E-state index >= 15 is 0 Å². The number of nitrogens with one attached hydrogen (secondary N) is 1. The zero-order valence-electron chi connectivity index (χ0n) is 15.3. The van der Waals surface area contributed by atoms with Crippen molar-refractivity contribution in [3.05, 3.63) is 54.6 Å². The summed E-state index contributed by atoms with van der Waals surface area (Å²) in [6.45, 7) is 3.93. The van der Waals surface area contributed by atoms with Gasteiger partial charge in [-0.25, -0.2) is 0 Å². The van der Waals surface area contributed by atoms with Gasteiger partial charge in [0.1, 0.15) is 5.75 Å². The number of carbonyl (C=O) groups is 2. The minimum atomic E-state index is -0.264. The van der Waals surface area contributed by atoms with Crippen LogP contribution in [0.15, 0.2) is 54.6 Å². The molecule has 0 aliphatic heterocycles. The normalized spacial score (nSPS) is 18.3. The molecule has 26 heavy (non-hydrogen) atoms. The molecule has 1 fully saturated rings. The lowest BCUT2D eigenvalue weighted by atomic mass is 10.2. The fourth-order valence-electron chi connectivity index (χ4n) is 2.91. The number of hydrogen-bond acceptors (Lipinski definition) is 3. The van der Waals surface area contributed by atoms with Crippen LogP contribution in [0.5, 0.6) is 5.75 Å². The molecular weight excluding hydrogens is 328 g/mol.